The molecule has 2 unspecified atom stereocenters. The quantitative estimate of drug-likeness (QED) is 0.680. The van der Waals surface area contributed by atoms with Crippen molar-refractivity contribution in [1.29, 1.82) is 0 Å². The maximum absolute atomic E-state index is 12.6. The van der Waals surface area contributed by atoms with Crippen molar-refractivity contribution >= 4 is 5.97 Å². The molecule has 2 heterocycles. The molecule has 0 amide bonds. The molecule has 0 spiro atoms. The number of rotatable bonds is 8. The summed E-state index contributed by atoms with van der Waals surface area (Å²) in [4.78, 5) is 17.4. The average molecular weight is 297 g/mol. The lowest BCUT2D eigenvalue weighted by atomic mass is 9.88. The molecule has 2 saturated heterocycles. The topological polar surface area (TPSA) is 44.8 Å². The van der Waals surface area contributed by atoms with Crippen LogP contribution >= 0.6 is 0 Å². The second-order valence-corrected chi connectivity index (χ2v) is 6.09. The normalized spacial score (nSPS) is 29.0. The van der Waals surface area contributed by atoms with Crippen LogP contribution in [-0.2, 0) is 9.53 Å². The molecule has 0 bridgehead atoms. The lowest BCUT2D eigenvalue weighted by Crippen LogP contribution is -2.60. The maximum atomic E-state index is 12.6. The van der Waals surface area contributed by atoms with Crippen molar-refractivity contribution in [2.45, 2.75) is 51.6 Å². The fourth-order valence-electron chi connectivity index (χ4n) is 3.89. The van der Waals surface area contributed by atoms with Crippen LogP contribution in [0.1, 0.15) is 40.0 Å². The van der Waals surface area contributed by atoms with Gasteiger partial charge in [0.2, 0.25) is 0 Å². The second kappa shape index (κ2) is 7.56. The summed E-state index contributed by atoms with van der Waals surface area (Å²) in [6.45, 7) is 12.8. The first-order valence-corrected chi connectivity index (χ1v) is 8.56. The van der Waals surface area contributed by atoms with Crippen molar-refractivity contribution in [3.8, 4) is 0 Å². The zero-order valence-corrected chi connectivity index (χ0v) is 13.9. The fourth-order valence-corrected chi connectivity index (χ4v) is 3.89. The summed E-state index contributed by atoms with van der Waals surface area (Å²) in [5.74, 6) is -0.0426. The van der Waals surface area contributed by atoms with E-state index in [0.29, 0.717) is 12.6 Å². The van der Waals surface area contributed by atoms with Gasteiger partial charge in [-0.1, -0.05) is 13.8 Å². The number of carbonyl (C=O) groups is 1. The van der Waals surface area contributed by atoms with Crippen LogP contribution in [0.2, 0.25) is 0 Å². The Hall–Kier alpha value is -0.650. The van der Waals surface area contributed by atoms with Crippen LogP contribution in [0.4, 0.5) is 0 Å². The molecule has 5 nitrogen and oxygen atoms in total. The minimum Gasteiger partial charge on any atom is -0.465 e. The van der Waals surface area contributed by atoms with E-state index in [1.807, 2.05) is 6.92 Å². The fraction of sp³-hybridized carbons (Fsp3) is 0.938. The monoisotopic (exact) mass is 297 g/mol. The average Bonchev–Trinajstić information content (AvgIpc) is 3.07. The Kier molecular flexibility index (Phi) is 6.02. The molecular formula is C16H31N3O2. The van der Waals surface area contributed by atoms with Gasteiger partial charge in [0.25, 0.3) is 0 Å². The number of nitrogens with one attached hydrogen (secondary N) is 1. The second-order valence-electron chi connectivity index (χ2n) is 6.09. The molecular weight excluding hydrogens is 266 g/mol. The maximum Gasteiger partial charge on any atom is 0.328 e. The molecule has 0 aromatic carbocycles. The van der Waals surface area contributed by atoms with Crippen LogP contribution < -0.4 is 5.32 Å². The van der Waals surface area contributed by atoms with Crippen LogP contribution in [0.5, 0.6) is 0 Å². The van der Waals surface area contributed by atoms with Crippen molar-refractivity contribution in [3.63, 3.8) is 0 Å². The van der Waals surface area contributed by atoms with Gasteiger partial charge in [-0.15, -0.1) is 0 Å². The van der Waals surface area contributed by atoms with Gasteiger partial charge in [0.15, 0.2) is 0 Å². The van der Waals surface area contributed by atoms with E-state index in [4.69, 9.17) is 4.74 Å². The number of likely N-dealkylation sites (N-methyl/N-ethyl adjacent to an activating group) is 1. The summed E-state index contributed by atoms with van der Waals surface area (Å²) in [6, 6.07) is 0.327. The molecule has 2 rings (SSSR count). The molecule has 2 aliphatic rings. The first kappa shape index (κ1) is 16.7. The van der Waals surface area contributed by atoms with Crippen LogP contribution in [0.3, 0.4) is 0 Å². The minimum atomic E-state index is -0.473. The number of hydrogen-bond donors (Lipinski definition) is 1. The van der Waals surface area contributed by atoms with Gasteiger partial charge >= 0.3 is 5.97 Å². The van der Waals surface area contributed by atoms with E-state index in [2.05, 4.69) is 29.0 Å². The predicted molar refractivity (Wildman–Crippen MR) is 84.4 cm³/mol. The summed E-state index contributed by atoms with van der Waals surface area (Å²) in [7, 11) is 0. The Morgan fingerprint density at radius 2 is 2.10 bits per heavy atom. The van der Waals surface area contributed by atoms with E-state index < -0.39 is 5.54 Å². The molecule has 122 valence electrons. The van der Waals surface area contributed by atoms with Crippen LogP contribution in [0.15, 0.2) is 0 Å². The zero-order chi connectivity index (χ0) is 15.3. The van der Waals surface area contributed by atoms with Crippen LogP contribution in [-0.4, -0.2) is 73.2 Å². The molecule has 0 saturated carbocycles. The summed E-state index contributed by atoms with van der Waals surface area (Å²) < 4.78 is 5.41. The largest absolute Gasteiger partial charge is 0.465 e. The highest BCUT2D eigenvalue weighted by Crippen LogP contribution is 2.37. The van der Waals surface area contributed by atoms with Gasteiger partial charge in [-0.3, -0.25) is 10.2 Å². The van der Waals surface area contributed by atoms with Gasteiger partial charge in [0.05, 0.1) is 6.61 Å². The molecule has 0 aliphatic carbocycles. The Labute approximate surface area is 129 Å². The SMILES string of the molecule is CCOC(=O)C1(NCCN(CC)CC)CCN2CCCC21. The number of nitrogens with zero attached hydrogens (tertiary/aromatic N) is 2. The predicted octanol–water partition coefficient (Wildman–Crippen LogP) is 1.09. The Morgan fingerprint density at radius 1 is 1.33 bits per heavy atom. The highest BCUT2D eigenvalue weighted by atomic mass is 16.5. The molecule has 0 radical (unpaired) electrons. The summed E-state index contributed by atoms with van der Waals surface area (Å²) in [5.41, 5.74) is -0.473. The van der Waals surface area contributed by atoms with Gasteiger partial charge in [-0.25, -0.2) is 4.79 Å². The van der Waals surface area contributed by atoms with E-state index in [0.717, 1.165) is 52.1 Å². The van der Waals surface area contributed by atoms with Crippen molar-refractivity contribution in [3.05, 3.63) is 0 Å². The number of hydrogen-bond acceptors (Lipinski definition) is 5. The third kappa shape index (κ3) is 3.41. The molecule has 1 N–H and O–H groups in total. The van der Waals surface area contributed by atoms with Gasteiger partial charge in [-0.2, -0.15) is 0 Å². The van der Waals surface area contributed by atoms with Crippen LogP contribution in [0, 0.1) is 0 Å². The van der Waals surface area contributed by atoms with Crippen LogP contribution in [0.25, 0.3) is 0 Å². The lowest BCUT2D eigenvalue weighted by Gasteiger charge is -2.34. The smallest absolute Gasteiger partial charge is 0.328 e. The highest BCUT2D eigenvalue weighted by molar-refractivity contribution is 5.82. The Bertz CT molecular complexity index is 346. The number of fused-ring (bicyclic) bond motifs is 1. The van der Waals surface area contributed by atoms with E-state index in [1.54, 1.807) is 0 Å². The lowest BCUT2D eigenvalue weighted by molar-refractivity contribution is -0.152. The Balaban J connectivity index is 2.01. The molecule has 5 heteroatoms. The molecule has 0 aromatic heterocycles. The number of ether oxygens (including phenoxy) is 1. The van der Waals surface area contributed by atoms with Gasteiger partial charge < -0.3 is 9.64 Å². The molecule has 21 heavy (non-hydrogen) atoms. The molecule has 2 atom stereocenters. The van der Waals surface area contributed by atoms with Crippen molar-refractivity contribution in [2.24, 2.45) is 0 Å². The first-order chi connectivity index (χ1) is 10.2. The zero-order valence-electron chi connectivity index (χ0n) is 13.9. The Morgan fingerprint density at radius 3 is 2.76 bits per heavy atom. The number of esters is 1. The summed E-state index contributed by atoms with van der Waals surface area (Å²) in [5, 5.41) is 3.59. The molecule has 2 fully saturated rings. The summed E-state index contributed by atoms with van der Waals surface area (Å²) >= 11 is 0. The van der Waals surface area contributed by atoms with Gasteiger partial charge in [-0.05, 0) is 45.8 Å². The first-order valence-electron chi connectivity index (χ1n) is 8.56. The van der Waals surface area contributed by atoms with Gasteiger partial charge in [0, 0.05) is 25.7 Å². The highest BCUT2D eigenvalue weighted by Gasteiger charge is 2.54. The van der Waals surface area contributed by atoms with Gasteiger partial charge in [0.1, 0.15) is 5.54 Å². The molecule has 2 aliphatic heterocycles. The standard InChI is InChI=1S/C16H31N3O2/c1-4-18(5-2)13-10-17-16(15(20)21-6-3)9-12-19-11-7-8-14(16)19/h14,17H,4-13H2,1-3H3. The third-order valence-electron chi connectivity index (χ3n) is 5.13. The minimum absolute atomic E-state index is 0.0426. The van der Waals surface area contributed by atoms with Crippen molar-refractivity contribution < 1.29 is 9.53 Å². The van der Waals surface area contributed by atoms with E-state index in [1.165, 1.54) is 6.42 Å². The van der Waals surface area contributed by atoms with Crippen molar-refractivity contribution in [1.82, 2.24) is 15.1 Å². The summed E-state index contributed by atoms with van der Waals surface area (Å²) in [6.07, 6.45) is 3.19. The third-order valence-corrected chi connectivity index (χ3v) is 5.13. The van der Waals surface area contributed by atoms with E-state index in [9.17, 15) is 4.79 Å². The van der Waals surface area contributed by atoms with Crippen molar-refractivity contribution in [2.75, 3.05) is 45.9 Å². The number of carbonyl (C=O) groups excluding carboxylic acids is 1. The van der Waals surface area contributed by atoms with E-state index >= 15 is 0 Å². The molecule has 0 aromatic rings. The van der Waals surface area contributed by atoms with E-state index in [-0.39, 0.29) is 5.97 Å².